The molecule has 0 aliphatic heterocycles. The zero-order valence-corrected chi connectivity index (χ0v) is 16.9. The molecular weight excluding hydrogens is 436 g/mol. The Labute approximate surface area is 136 Å². The second-order valence-corrected chi connectivity index (χ2v) is 1.41. The Morgan fingerprint density at radius 2 is 0.550 bits per heavy atom. The van der Waals surface area contributed by atoms with Crippen molar-refractivity contribution in [1.82, 2.24) is 0 Å². The van der Waals surface area contributed by atoms with E-state index in [1.54, 1.807) is 0 Å². The molecule has 20 heavy (non-hydrogen) atoms. The van der Waals surface area contributed by atoms with Crippen LogP contribution in [-0.2, 0) is 27.4 Å². The summed E-state index contributed by atoms with van der Waals surface area (Å²) < 4.78 is 50.4. The van der Waals surface area contributed by atoms with Crippen LogP contribution in [0.4, 0.5) is 0 Å². The van der Waals surface area contributed by atoms with E-state index in [-0.39, 0.29) is 27.3 Å². The van der Waals surface area contributed by atoms with Crippen molar-refractivity contribution in [2.24, 2.45) is 0 Å². The molecule has 0 aliphatic carbocycles. The van der Waals surface area contributed by atoms with Crippen molar-refractivity contribution < 1.29 is 56.8 Å². The summed E-state index contributed by atoms with van der Waals surface area (Å²) in [5, 5.41) is 0. The Morgan fingerprint density at radius 3 is 0.550 bits per heavy atom. The molecule has 0 saturated carbocycles. The van der Waals surface area contributed by atoms with Crippen LogP contribution in [0.3, 0.4) is 0 Å². The molecule has 0 aromatic carbocycles. The molecule has 0 aliphatic rings. The van der Waals surface area contributed by atoms with Crippen molar-refractivity contribution in [1.29, 1.82) is 0 Å². The first-order valence-electron chi connectivity index (χ1n) is 2.24. The second kappa shape index (κ2) is 142. The van der Waals surface area contributed by atoms with Crippen LogP contribution < -0.4 is 14.7 Å². The van der Waals surface area contributed by atoms with E-state index in [4.69, 9.17) is 56.8 Å². The minimum absolute atomic E-state index is 0. The molecular formula is H6AlO12P7. The van der Waals surface area contributed by atoms with Gasteiger partial charge in [0.1, 0.15) is 0 Å². The van der Waals surface area contributed by atoms with Crippen LogP contribution in [0.5, 0.6) is 0 Å². The van der Waals surface area contributed by atoms with Crippen molar-refractivity contribution in [2.45, 2.75) is 0 Å². The van der Waals surface area contributed by atoms with Gasteiger partial charge >= 0.3 is 43.4 Å². The fourth-order valence-electron chi connectivity index (χ4n) is 0. The maximum atomic E-state index is 8.46. The van der Waals surface area contributed by atoms with Gasteiger partial charge in [0, 0.05) is 0 Å². The van der Waals surface area contributed by atoms with Crippen LogP contribution in [0.25, 0.3) is 0 Å². The van der Waals surface area contributed by atoms with Gasteiger partial charge in [0.15, 0.2) is 0 Å². The van der Waals surface area contributed by atoms with Gasteiger partial charge < -0.3 is 29.4 Å². The van der Waals surface area contributed by atoms with E-state index in [2.05, 4.69) is 0 Å². The maximum absolute atomic E-state index is 8.46. The second-order valence-electron chi connectivity index (χ2n) is 0.469. The Balaban J connectivity index is -0.0000000141. The molecule has 116 valence electrons. The molecule has 1 atom stereocenters. The topological polar surface area (TPSA) is 232 Å². The van der Waals surface area contributed by atoms with E-state index >= 15 is 0 Å². The standard InChI is InChI=1S/Al.6HO2P.H3P/c;6*1-3-2;/h;6*(H,1,2);1H3/q+3;;;;;;;/p-3. The molecule has 0 spiro atoms. The van der Waals surface area contributed by atoms with Crippen molar-refractivity contribution in [3.63, 3.8) is 0 Å². The summed E-state index contributed by atoms with van der Waals surface area (Å²) in [7, 11) is -5.75. The predicted octanol–water partition coefficient (Wildman–Crippen LogP) is -1.11. The third-order valence-electron chi connectivity index (χ3n) is 0. The molecule has 0 bridgehead atoms. The van der Waals surface area contributed by atoms with Crippen molar-refractivity contribution in [3.8, 4) is 0 Å². The smallest absolute Gasteiger partial charge is 0.772 e. The molecule has 3 N–H and O–H groups in total. The van der Waals surface area contributed by atoms with Crippen LogP contribution in [0.15, 0.2) is 0 Å². The van der Waals surface area contributed by atoms with Gasteiger partial charge in [-0.05, 0) is 0 Å². The zero-order valence-electron chi connectivity index (χ0n) is 8.98. The summed E-state index contributed by atoms with van der Waals surface area (Å²) in [6.07, 6.45) is 0. The SMILES string of the molecule is O=PO.O=PO.O=PO.O=P[O-].O=P[O-].O=P[O-].P.[Al+3]. The Kier molecular flexibility index (Phi) is 351. The first-order chi connectivity index (χ1) is 8.49. The van der Waals surface area contributed by atoms with Gasteiger partial charge in [-0.1, -0.05) is 0 Å². The van der Waals surface area contributed by atoms with Gasteiger partial charge in [0.2, 0.25) is 0 Å². The van der Waals surface area contributed by atoms with E-state index in [9.17, 15) is 0 Å². The van der Waals surface area contributed by atoms with Crippen LogP contribution in [-0.4, -0.2) is 32.0 Å². The minimum Gasteiger partial charge on any atom is -0.772 e. The fraction of sp³-hybridized carbons (Fsp3) is 0. The maximum Gasteiger partial charge on any atom is 3.00 e. The Hall–Kier alpha value is 1.32. The van der Waals surface area contributed by atoms with Crippen LogP contribution in [0, 0.1) is 0 Å². The van der Waals surface area contributed by atoms with Crippen LogP contribution >= 0.6 is 62.0 Å². The molecule has 0 radical (unpaired) electrons. The van der Waals surface area contributed by atoms with Gasteiger partial charge in [-0.3, -0.25) is 13.7 Å². The molecule has 0 saturated heterocycles. The summed E-state index contributed by atoms with van der Waals surface area (Å²) >= 11 is 0. The van der Waals surface area contributed by atoms with E-state index in [0.29, 0.717) is 0 Å². The molecule has 0 aromatic rings. The third kappa shape index (κ3) is 3710. The summed E-state index contributed by atoms with van der Waals surface area (Å²) in [5.74, 6) is 0. The summed E-state index contributed by atoms with van der Waals surface area (Å²) in [5.41, 5.74) is 0. The first-order valence-corrected chi connectivity index (χ1v) is 6.73. The fourth-order valence-corrected chi connectivity index (χ4v) is 0. The van der Waals surface area contributed by atoms with E-state index in [0.717, 1.165) is 0 Å². The van der Waals surface area contributed by atoms with Crippen molar-refractivity contribution in [3.05, 3.63) is 0 Å². The average molecular weight is 442 g/mol. The minimum atomic E-state index is -1.08. The molecule has 20 heteroatoms. The zero-order chi connectivity index (χ0) is 16.2. The molecule has 0 amide bonds. The first kappa shape index (κ1) is 49.6. The van der Waals surface area contributed by atoms with Crippen molar-refractivity contribution >= 4 is 79.4 Å². The third-order valence-corrected chi connectivity index (χ3v) is 0. The predicted molar refractivity (Wildman–Crippen MR) is 69.2 cm³/mol. The summed E-state index contributed by atoms with van der Waals surface area (Å²) in [6.45, 7) is 0. The normalized spacial score (nSPS) is 6.30. The molecule has 0 heterocycles. The monoisotopic (exact) mass is 442 g/mol. The van der Waals surface area contributed by atoms with Gasteiger partial charge in [-0.2, -0.15) is 9.90 Å². The Bertz CT molecular complexity index is 115. The molecule has 0 aromatic heterocycles. The number of hydrogen-bond acceptors (Lipinski definition) is 9. The van der Waals surface area contributed by atoms with Crippen LogP contribution in [0.2, 0.25) is 0 Å². The van der Waals surface area contributed by atoms with Gasteiger partial charge in [0.05, 0.1) is 26.1 Å². The Morgan fingerprint density at radius 1 is 0.550 bits per heavy atom. The molecule has 0 fully saturated rings. The van der Waals surface area contributed by atoms with Crippen molar-refractivity contribution in [2.75, 3.05) is 0 Å². The van der Waals surface area contributed by atoms with E-state index in [1.165, 1.54) is 0 Å². The number of hydrogen-bond donors (Lipinski definition) is 3. The van der Waals surface area contributed by atoms with Gasteiger partial charge in [-0.15, -0.1) is 0 Å². The van der Waals surface area contributed by atoms with Crippen LogP contribution in [0.1, 0.15) is 0 Å². The largest absolute Gasteiger partial charge is 3.00 e. The molecule has 0 rings (SSSR count). The number of rotatable bonds is 0. The molecule has 1 unspecified atom stereocenters. The van der Waals surface area contributed by atoms with E-state index in [1.807, 2.05) is 0 Å². The average Bonchev–Trinajstić information content (AvgIpc) is 2.23. The summed E-state index contributed by atoms with van der Waals surface area (Å²) in [6, 6.07) is 0. The van der Waals surface area contributed by atoms with E-state index < -0.39 is 52.1 Å². The van der Waals surface area contributed by atoms with Gasteiger partial charge in [0.25, 0.3) is 0 Å². The van der Waals surface area contributed by atoms with Gasteiger partial charge in [-0.25, -0.2) is 13.7 Å². The molecule has 12 nitrogen and oxygen atoms in total. The summed E-state index contributed by atoms with van der Waals surface area (Å²) in [4.78, 5) is 46.0. The quantitative estimate of drug-likeness (QED) is 0.300.